The number of carbonyl (C=O) groups is 1. The van der Waals surface area contributed by atoms with Crippen LogP contribution in [0.5, 0.6) is 0 Å². The summed E-state index contributed by atoms with van der Waals surface area (Å²) in [5.41, 5.74) is 1.35. The Hall–Kier alpha value is -0.290. The molecule has 0 spiro atoms. The number of hydrogen-bond acceptors (Lipinski definition) is 4. The van der Waals surface area contributed by atoms with Crippen LogP contribution in [0.3, 0.4) is 0 Å². The van der Waals surface area contributed by atoms with Crippen LogP contribution in [0.15, 0.2) is 10.6 Å². The average molecular weight is 268 g/mol. The summed E-state index contributed by atoms with van der Waals surface area (Å²) in [4.78, 5) is 13.2. The number of nitrogens with zero attached hydrogens (tertiary/aromatic N) is 1. The Kier molecular flexibility index (Phi) is 6.13. The molecule has 0 amide bonds. The standard InChI is InChI=1S/C10H15Cl2NO3/c1-15-10(14)4-9-7-13(2-3-16-9)6-8(12)5-11/h5,9H,2-4,6-7H2,1H3. The van der Waals surface area contributed by atoms with Crippen molar-refractivity contribution in [1.29, 1.82) is 0 Å². The lowest BCUT2D eigenvalue weighted by molar-refractivity contribution is -0.145. The zero-order valence-corrected chi connectivity index (χ0v) is 10.6. The number of methoxy groups -OCH3 is 1. The van der Waals surface area contributed by atoms with E-state index in [0.717, 1.165) is 6.54 Å². The maximum absolute atomic E-state index is 11.1. The monoisotopic (exact) mass is 267 g/mol. The van der Waals surface area contributed by atoms with E-state index in [0.29, 0.717) is 24.7 Å². The second kappa shape index (κ2) is 7.12. The SMILES string of the molecule is COC(=O)CC1CN(CC(Cl)=CCl)CCO1. The third kappa shape index (κ3) is 4.70. The molecule has 16 heavy (non-hydrogen) atoms. The third-order valence-corrected chi connectivity index (χ3v) is 2.94. The van der Waals surface area contributed by atoms with Crippen LogP contribution in [-0.2, 0) is 14.3 Å². The quantitative estimate of drug-likeness (QED) is 0.725. The highest BCUT2D eigenvalue weighted by molar-refractivity contribution is 6.36. The molecule has 0 aromatic heterocycles. The molecule has 0 radical (unpaired) electrons. The highest BCUT2D eigenvalue weighted by atomic mass is 35.5. The van der Waals surface area contributed by atoms with Gasteiger partial charge in [-0.25, -0.2) is 0 Å². The molecule has 1 unspecified atom stereocenters. The molecule has 0 aromatic carbocycles. The van der Waals surface area contributed by atoms with Gasteiger partial charge in [0.2, 0.25) is 0 Å². The van der Waals surface area contributed by atoms with Gasteiger partial charge in [-0.05, 0) is 0 Å². The Balaban J connectivity index is 2.38. The van der Waals surface area contributed by atoms with Gasteiger partial charge in [0, 0.05) is 30.2 Å². The minimum absolute atomic E-state index is 0.124. The minimum atomic E-state index is -0.258. The zero-order chi connectivity index (χ0) is 12.0. The van der Waals surface area contributed by atoms with Gasteiger partial charge in [0.15, 0.2) is 0 Å². The predicted octanol–water partition coefficient (Wildman–Crippen LogP) is 1.57. The zero-order valence-electron chi connectivity index (χ0n) is 9.12. The summed E-state index contributed by atoms with van der Waals surface area (Å²) in [5.74, 6) is -0.258. The molecule has 1 rings (SSSR count). The molecule has 1 atom stereocenters. The van der Waals surface area contributed by atoms with E-state index >= 15 is 0 Å². The molecule has 0 bridgehead atoms. The molecule has 1 aliphatic rings. The van der Waals surface area contributed by atoms with Gasteiger partial charge in [0.05, 0.1) is 26.2 Å². The lowest BCUT2D eigenvalue weighted by Crippen LogP contribution is -2.43. The van der Waals surface area contributed by atoms with E-state index < -0.39 is 0 Å². The molecule has 0 aliphatic carbocycles. The number of hydrogen-bond donors (Lipinski definition) is 0. The van der Waals surface area contributed by atoms with E-state index in [2.05, 4.69) is 9.64 Å². The van der Waals surface area contributed by atoms with Crippen molar-refractivity contribution in [2.24, 2.45) is 0 Å². The average Bonchev–Trinajstić information content (AvgIpc) is 2.29. The minimum Gasteiger partial charge on any atom is -0.469 e. The van der Waals surface area contributed by atoms with Crippen LogP contribution in [0.4, 0.5) is 0 Å². The van der Waals surface area contributed by atoms with E-state index in [-0.39, 0.29) is 18.5 Å². The fourth-order valence-electron chi connectivity index (χ4n) is 1.56. The Bertz CT molecular complexity index is 271. The number of morpholine rings is 1. The van der Waals surface area contributed by atoms with Crippen LogP contribution < -0.4 is 0 Å². The first-order valence-corrected chi connectivity index (χ1v) is 5.82. The van der Waals surface area contributed by atoms with Gasteiger partial charge < -0.3 is 9.47 Å². The Morgan fingerprint density at radius 3 is 3.06 bits per heavy atom. The van der Waals surface area contributed by atoms with Crippen molar-refractivity contribution in [2.45, 2.75) is 12.5 Å². The van der Waals surface area contributed by atoms with Crippen molar-refractivity contribution in [3.63, 3.8) is 0 Å². The van der Waals surface area contributed by atoms with E-state index in [9.17, 15) is 4.79 Å². The van der Waals surface area contributed by atoms with Crippen LogP contribution in [0.25, 0.3) is 0 Å². The number of halogens is 2. The summed E-state index contributed by atoms with van der Waals surface area (Å²) in [5, 5.41) is 0.584. The fraction of sp³-hybridized carbons (Fsp3) is 0.700. The molecule has 1 saturated heterocycles. The first kappa shape index (κ1) is 13.8. The molecule has 1 fully saturated rings. The molecule has 0 N–H and O–H groups in total. The van der Waals surface area contributed by atoms with Gasteiger partial charge in [0.25, 0.3) is 0 Å². The Morgan fingerprint density at radius 1 is 1.69 bits per heavy atom. The molecule has 92 valence electrons. The summed E-state index contributed by atoms with van der Waals surface area (Å²) in [6, 6.07) is 0. The number of esters is 1. The van der Waals surface area contributed by atoms with E-state index in [1.807, 2.05) is 0 Å². The van der Waals surface area contributed by atoms with Gasteiger partial charge in [-0.3, -0.25) is 9.69 Å². The molecule has 0 aromatic rings. The van der Waals surface area contributed by atoms with Gasteiger partial charge >= 0.3 is 5.97 Å². The second-order valence-electron chi connectivity index (χ2n) is 3.56. The van der Waals surface area contributed by atoms with Crippen molar-refractivity contribution in [3.8, 4) is 0 Å². The second-order valence-corrected chi connectivity index (χ2v) is 4.27. The molecule has 6 heteroatoms. The predicted molar refractivity (Wildman–Crippen MR) is 62.6 cm³/mol. The van der Waals surface area contributed by atoms with E-state index in [1.54, 1.807) is 0 Å². The lowest BCUT2D eigenvalue weighted by atomic mass is 10.2. The summed E-state index contributed by atoms with van der Waals surface area (Å²) < 4.78 is 10.1. The van der Waals surface area contributed by atoms with Gasteiger partial charge in [-0.2, -0.15) is 0 Å². The summed E-state index contributed by atoms with van der Waals surface area (Å²) in [6.45, 7) is 2.63. The highest BCUT2D eigenvalue weighted by Gasteiger charge is 2.23. The van der Waals surface area contributed by atoms with Crippen molar-refractivity contribution in [2.75, 3.05) is 33.4 Å². The van der Waals surface area contributed by atoms with Crippen LogP contribution in [0.2, 0.25) is 0 Å². The first-order valence-electron chi connectivity index (χ1n) is 5.01. The summed E-state index contributed by atoms with van der Waals surface area (Å²) >= 11 is 11.3. The number of rotatable bonds is 4. The van der Waals surface area contributed by atoms with Crippen LogP contribution in [0.1, 0.15) is 6.42 Å². The van der Waals surface area contributed by atoms with Crippen molar-refractivity contribution < 1.29 is 14.3 Å². The number of ether oxygens (including phenoxy) is 2. The van der Waals surface area contributed by atoms with Gasteiger partial charge in [-0.15, -0.1) is 0 Å². The molecule has 1 heterocycles. The molecule has 0 saturated carbocycles. The van der Waals surface area contributed by atoms with Gasteiger partial charge in [-0.1, -0.05) is 23.2 Å². The summed E-state index contributed by atoms with van der Waals surface area (Å²) in [6.07, 6.45) is 0.149. The topological polar surface area (TPSA) is 38.8 Å². The maximum atomic E-state index is 11.1. The lowest BCUT2D eigenvalue weighted by Gasteiger charge is -2.32. The fourth-order valence-corrected chi connectivity index (χ4v) is 1.80. The first-order chi connectivity index (χ1) is 7.65. The highest BCUT2D eigenvalue weighted by Crippen LogP contribution is 2.13. The van der Waals surface area contributed by atoms with E-state index in [1.165, 1.54) is 12.6 Å². The Morgan fingerprint density at radius 2 is 2.44 bits per heavy atom. The molecule has 4 nitrogen and oxygen atoms in total. The Labute approximate surface area is 105 Å². The van der Waals surface area contributed by atoms with Crippen LogP contribution in [0, 0.1) is 0 Å². The van der Waals surface area contributed by atoms with Crippen LogP contribution in [-0.4, -0.2) is 50.3 Å². The number of carbonyl (C=O) groups excluding carboxylic acids is 1. The van der Waals surface area contributed by atoms with Gasteiger partial charge in [0.1, 0.15) is 0 Å². The molecular formula is C10H15Cl2NO3. The largest absolute Gasteiger partial charge is 0.469 e. The van der Waals surface area contributed by atoms with Crippen LogP contribution >= 0.6 is 23.2 Å². The third-order valence-electron chi connectivity index (χ3n) is 2.34. The van der Waals surface area contributed by atoms with Crippen molar-refractivity contribution >= 4 is 29.2 Å². The van der Waals surface area contributed by atoms with Crippen molar-refractivity contribution in [1.82, 2.24) is 4.90 Å². The normalized spacial score (nSPS) is 23.2. The van der Waals surface area contributed by atoms with Crippen molar-refractivity contribution in [3.05, 3.63) is 10.6 Å². The molecule has 1 aliphatic heterocycles. The molecular weight excluding hydrogens is 253 g/mol. The smallest absolute Gasteiger partial charge is 0.308 e. The maximum Gasteiger partial charge on any atom is 0.308 e. The summed E-state index contributed by atoms with van der Waals surface area (Å²) in [7, 11) is 1.37. The van der Waals surface area contributed by atoms with E-state index in [4.69, 9.17) is 27.9 Å².